The number of aliphatic hydroxyl groups excluding tert-OH is 8. The Balaban J connectivity index is 0.000000261. The van der Waals surface area contributed by atoms with E-state index < -0.39 is 0 Å². The van der Waals surface area contributed by atoms with Crippen molar-refractivity contribution in [3.8, 4) is 0 Å². The van der Waals surface area contributed by atoms with Crippen molar-refractivity contribution in [3.63, 3.8) is 0 Å². The zero-order valence-electron chi connectivity index (χ0n) is 40.5. The van der Waals surface area contributed by atoms with E-state index in [1.807, 2.05) is 106 Å². The Morgan fingerprint density at radius 3 is 0.629 bits per heavy atom. The third-order valence-electron chi connectivity index (χ3n) is 12.3. The van der Waals surface area contributed by atoms with Crippen LogP contribution in [0, 0.1) is 5.82 Å². The van der Waals surface area contributed by atoms with Crippen LogP contribution in [0.25, 0.3) is 0 Å². The molecule has 0 heterocycles. The Labute approximate surface area is 412 Å². The second-order valence-corrected chi connectivity index (χ2v) is 17.0. The molecule has 6 aromatic rings. The van der Waals surface area contributed by atoms with Gasteiger partial charge in [0, 0.05) is 107 Å². The predicted octanol–water partition coefficient (Wildman–Crippen LogP) is 5.10. The van der Waals surface area contributed by atoms with Gasteiger partial charge in [0.15, 0.2) is 0 Å². The smallest absolute Gasteiger partial charge is 0.123 e. The Kier molecular flexibility index (Phi) is 22.9. The molecule has 0 bridgehead atoms. The molecule has 0 spiro atoms. The fourth-order valence-corrected chi connectivity index (χ4v) is 8.73. The van der Waals surface area contributed by atoms with Crippen LogP contribution in [0.2, 0.25) is 0 Å². The van der Waals surface area contributed by atoms with Gasteiger partial charge in [0.2, 0.25) is 0 Å². The zero-order valence-corrected chi connectivity index (χ0v) is 40.5. The summed E-state index contributed by atoms with van der Waals surface area (Å²) >= 11 is 0. The van der Waals surface area contributed by atoms with E-state index in [4.69, 9.17) is 0 Å². The van der Waals surface area contributed by atoms with Crippen LogP contribution in [-0.2, 0) is 0 Å². The summed E-state index contributed by atoms with van der Waals surface area (Å²) in [5.74, 6) is -0.407. The van der Waals surface area contributed by atoms with E-state index in [2.05, 4.69) is 53.4 Å². The maximum Gasteiger partial charge on any atom is 0.123 e. The molecule has 0 atom stereocenters. The first kappa shape index (κ1) is 54.9. The van der Waals surface area contributed by atoms with Crippen molar-refractivity contribution < 1.29 is 45.2 Å². The van der Waals surface area contributed by atoms with Crippen LogP contribution < -0.4 is 24.5 Å². The summed E-state index contributed by atoms with van der Waals surface area (Å²) < 4.78 is 13.6. The van der Waals surface area contributed by atoms with E-state index in [0.717, 1.165) is 56.3 Å². The maximum absolute atomic E-state index is 13.6. The van der Waals surface area contributed by atoms with Crippen LogP contribution in [0.5, 0.6) is 0 Å². The maximum atomic E-state index is 13.6. The van der Waals surface area contributed by atoms with Gasteiger partial charge in [-0.2, -0.15) is 0 Å². The number of hydrogen-bond donors (Lipinski definition) is 8. The highest BCUT2D eigenvalue weighted by Crippen LogP contribution is 2.36. The van der Waals surface area contributed by atoms with E-state index in [-0.39, 0.29) is 70.5 Å². The minimum atomic E-state index is -0.291. The summed E-state index contributed by atoms with van der Waals surface area (Å²) in [6, 6.07) is 47.6. The summed E-state index contributed by atoms with van der Waals surface area (Å²) in [6.45, 7) is 3.68. The number of hydrogen-bond acceptors (Lipinski definition) is 13. The lowest BCUT2D eigenvalue weighted by molar-refractivity contribution is 0.280. The van der Waals surface area contributed by atoms with Crippen molar-refractivity contribution in [2.24, 2.45) is 0 Å². The van der Waals surface area contributed by atoms with Gasteiger partial charge in [0.05, 0.1) is 52.9 Å². The molecule has 0 saturated carbocycles. The molecule has 0 unspecified atom stereocenters. The molecule has 14 heteroatoms. The molecule has 0 aliphatic carbocycles. The molecular formula is C56H72FN5O8. The van der Waals surface area contributed by atoms with E-state index in [1.165, 1.54) is 17.7 Å². The molecule has 0 saturated heterocycles. The van der Waals surface area contributed by atoms with Crippen LogP contribution in [0.4, 0.5) is 32.8 Å². The molecular weight excluding hydrogens is 890 g/mol. The molecule has 0 amide bonds. The Morgan fingerprint density at radius 1 is 0.286 bits per heavy atom. The van der Waals surface area contributed by atoms with Crippen molar-refractivity contribution in [1.82, 2.24) is 0 Å². The zero-order chi connectivity index (χ0) is 50.3. The number of rotatable bonds is 27. The highest BCUT2D eigenvalue weighted by molar-refractivity contribution is 5.57. The fraction of sp³-hybridized carbons (Fsp3) is 0.357. The van der Waals surface area contributed by atoms with Gasteiger partial charge in [-0.05, 0) is 106 Å². The second-order valence-electron chi connectivity index (χ2n) is 17.0. The lowest BCUT2D eigenvalue weighted by atomic mass is 9.85. The van der Waals surface area contributed by atoms with E-state index in [1.54, 1.807) is 12.1 Å². The van der Waals surface area contributed by atoms with Gasteiger partial charge in [-0.3, -0.25) is 0 Å². The van der Waals surface area contributed by atoms with E-state index >= 15 is 0 Å². The second kappa shape index (κ2) is 29.2. The van der Waals surface area contributed by atoms with Crippen molar-refractivity contribution in [1.29, 1.82) is 0 Å². The van der Waals surface area contributed by atoms with E-state index in [0.29, 0.717) is 52.4 Å². The molecule has 6 rings (SSSR count). The van der Waals surface area contributed by atoms with Crippen LogP contribution in [-0.4, -0.2) is 160 Å². The first-order valence-corrected chi connectivity index (χ1v) is 23.9. The monoisotopic (exact) mass is 962 g/mol. The Hall–Kier alpha value is -6.07. The largest absolute Gasteiger partial charge is 0.395 e. The van der Waals surface area contributed by atoms with Crippen molar-refractivity contribution in [3.05, 3.63) is 185 Å². The predicted molar refractivity (Wildman–Crippen MR) is 280 cm³/mol. The van der Waals surface area contributed by atoms with Crippen LogP contribution in [0.1, 0.15) is 45.2 Å². The summed E-state index contributed by atoms with van der Waals surface area (Å²) in [7, 11) is 4.05. The average Bonchev–Trinajstić information content (AvgIpc) is 3.38. The fourth-order valence-electron chi connectivity index (χ4n) is 8.73. The van der Waals surface area contributed by atoms with Crippen molar-refractivity contribution in [2.45, 2.75) is 11.8 Å². The lowest BCUT2D eigenvalue weighted by Gasteiger charge is -2.26. The Morgan fingerprint density at radius 2 is 0.457 bits per heavy atom. The number of halogens is 1. The number of benzene rings is 6. The minimum absolute atomic E-state index is 0.00408. The quantitative estimate of drug-likeness (QED) is 0.0321. The molecule has 6 aromatic carbocycles. The van der Waals surface area contributed by atoms with Gasteiger partial charge in [0.1, 0.15) is 5.82 Å². The Bertz CT molecular complexity index is 2200. The highest BCUT2D eigenvalue weighted by Gasteiger charge is 2.21. The summed E-state index contributed by atoms with van der Waals surface area (Å²) in [5, 5.41) is 74.9. The van der Waals surface area contributed by atoms with Crippen LogP contribution in [0.3, 0.4) is 0 Å². The minimum Gasteiger partial charge on any atom is -0.395 e. The molecule has 0 radical (unpaired) electrons. The summed E-state index contributed by atoms with van der Waals surface area (Å²) in [6.07, 6.45) is 0. The average molecular weight is 962 g/mol. The molecule has 0 aliphatic heterocycles. The first-order valence-electron chi connectivity index (χ1n) is 23.9. The number of anilines is 5. The van der Waals surface area contributed by atoms with Gasteiger partial charge in [-0.15, -0.1) is 0 Å². The standard InChI is InChI=1S/C29H39N3O4.C27H33FN2O4/c1-30(2)26-9-3-23(4-10-26)29(24-5-11-27(12-6-24)31(15-19-33)16-20-34)25-7-13-28(14-8-25)32(17-21-35)18-22-36;28-24-7-1-21(2-8-24)27(22-3-9-25(10-4-22)29(13-17-31)14-18-32)23-5-11-26(12-6-23)30(15-19-33)16-20-34/h3-14,29,33-36H,15-22H2,1-2H3;1-12,27,31-34H,13-20H2. The third-order valence-corrected chi connectivity index (χ3v) is 12.3. The highest BCUT2D eigenvalue weighted by atomic mass is 19.1. The molecule has 0 aliphatic rings. The third kappa shape index (κ3) is 15.5. The summed E-state index contributed by atoms with van der Waals surface area (Å²) in [4.78, 5) is 9.85. The van der Waals surface area contributed by atoms with Crippen molar-refractivity contribution in [2.75, 3.05) is 144 Å². The molecule has 0 aromatic heterocycles. The number of aliphatic hydroxyl groups is 8. The van der Waals surface area contributed by atoms with Gasteiger partial charge in [-0.1, -0.05) is 72.8 Å². The first-order chi connectivity index (χ1) is 34.1. The van der Waals surface area contributed by atoms with E-state index in [9.17, 15) is 45.2 Å². The van der Waals surface area contributed by atoms with Gasteiger partial charge in [0.25, 0.3) is 0 Å². The van der Waals surface area contributed by atoms with Crippen LogP contribution >= 0.6 is 0 Å². The molecule has 13 nitrogen and oxygen atoms in total. The number of nitrogens with zero attached hydrogens (tertiary/aromatic N) is 5. The molecule has 0 fully saturated rings. The molecule has 8 N–H and O–H groups in total. The summed E-state index contributed by atoms with van der Waals surface area (Å²) in [5.41, 5.74) is 11.3. The molecule has 70 heavy (non-hydrogen) atoms. The molecule has 376 valence electrons. The topological polar surface area (TPSA) is 178 Å². The van der Waals surface area contributed by atoms with Crippen LogP contribution in [0.15, 0.2) is 146 Å². The van der Waals surface area contributed by atoms with Gasteiger partial charge in [-0.25, -0.2) is 4.39 Å². The van der Waals surface area contributed by atoms with Gasteiger partial charge < -0.3 is 65.4 Å². The SMILES string of the molecule is CN(C)c1ccc(C(c2ccc(N(CCO)CCO)cc2)c2ccc(N(CCO)CCO)cc2)cc1.OCCN(CCO)c1ccc(C(c2ccc(F)cc2)c2ccc(N(CCO)CCO)cc2)cc1. The lowest BCUT2D eigenvalue weighted by Crippen LogP contribution is -2.29. The normalized spacial score (nSPS) is 11.1. The van der Waals surface area contributed by atoms with Gasteiger partial charge >= 0.3 is 0 Å². The van der Waals surface area contributed by atoms with Crippen molar-refractivity contribution >= 4 is 28.4 Å².